The largest absolute Gasteiger partial charge is 0.506 e. The van der Waals surface area contributed by atoms with Crippen LogP contribution in [-0.2, 0) is 0 Å². The number of carbonyl (C=O) groups is 1. The van der Waals surface area contributed by atoms with Crippen LogP contribution < -0.4 is 10.6 Å². The molecule has 0 radical (unpaired) electrons. The third-order valence-corrected chi connectivity index (χ3v) is 2.97. The van der Waals surface area contributed by atoms with Gasteiger partial charge >= 0.3 is 6.03 Å². The molecule has 0 aliphatic rings. The highest BCUT2D eigenvalue weighted by Gasteiger charge is 2.14. The van der Waals surface area contributed by atoms with E-state index in [-0.39, 0.29) is 17.3 Å². The Morgan fingerprint density at radius 1 is 1.24 bits per heavy atom. The van der Waals surface area contributed by atoms with Crippen molar-refractivity contribution in [2.75, 3.05) is 5.32 Å². The number of halogens is 2. The number of anilines is 1. The molecule has 17 heavy (non-hydrogen) atoms. The summed E-state index contributed by atoms with van der Waals surface area (Å²) in [4.78, 5) is 11.6. The van der Waals surface area contributed by atoms with E-state index in [0.29, 0.717) is 14.6 Å². The number of amides is 2. The number of carbonyl (C=O) groups excluding carboxylic acids is 1. The van der Waals surface area contributed by atoms with Gasteiger partial charge in [0.25, 0.3) is 0 Å². The van der Waals surface area contributed by atoms with Crippen molar-refractivity contribution in [3.05, 3.63) is 21.1 Å². The average molecular weight is 366 g/mol. The van der Waals surface area contributed by atoms with Gasteiger partial charge in [0.2, 0.25) is 0 Å². The molecule has 0 bridgehead atoms. The predicted molar refractivity (Wildman–Crippen MR) is 75.4 cm³/mol. The van der Waals surface area contributed by atoms with E-state index in [0.717, 1.165) is 0 Å². The number of benzene rings is 1. The van der Waals surface area contributed by atoms with Gasteiger partial charge in [0.05, 0.1) is 8.95 Å². The normalized spacial score (nSPS) is 11.1. The Labute approximate surface area is 117 Å². The van der Waals surface area contributed by atoms with Crippen molar-refractivity contribution in [3.63, 3.8) is 0 Å². The molecule has 0 saturated carbocycles. The van der Waals surface area contributed by atoms with Crippen LogP contribution in [-0.4, -0.2) is 16.7 Å². The minimum Gasteiger partial charge on any atom is -0.506 e. The highest BCUT2D eigenvalue weighted by atomic mass is 79.9. The second-order valence-electron chi connectivity index (χ2n) is 4.62. The lowest BCUT2D eigenvalue weighted by atomic mass is 10.1. The van der Waals surface area contributed by atoms with E-state index in [2.05, 4.69) is 42.5 Å². The van der Waals surface area contributed by atoms with Crippen molar-refractivity contribution in [2.24, 2.45) is 0 Å². The Hall–Kier alpha value is -0.750. The molecule has 0 aromatic heterocycles. The number of phenolic OH excluding ortho intramolecular Hbond substituents is 1. The summed E-state index contributed by atoms with van der Waals surface area (Å²) in [6, 6.07) is 2.96. The van der Waals surface area contributed by atoms with Crippen molar-refractivity contribution >= 4 is 43.6 Å². The number of rotatable bonds is 1. The van der Waals surface area contributed by atoms with Crippen molar-refractivity contribution in [2.45, 2.75) is 26.3 Å². The number of nitrogens with one attached hydrogen (secondary N) is 2. The molecule has 4 nitrogen and oxygen atoms in total. The van der Waals surface area contributed by atoms with Crippen molar-refractivity contribution < 1.29 is 9.90 Å². The smallest absolute Gasteiger partial charge is 0.319 e. The molecule has 0 atom stereocenters. The summed E-state index contributed by atoms with van der Waals surface area (Å²) in [5.41, 5.74) is 0.290. The van der Waals surface area contributed by atoms with Crippen LogP contribution in [0.1, 0.15) is 20.8 Å². The number of urea groups is 1. The summed E-state index contributed by atoms with van der Waals surface area (Å²) in [5, 5.41) is 15.0. The van der Waals surface area contributed by atoms with Gasteiger partial charge in [0.15, 0.2) is 0 Å². The Bertz CT molecular complexity index is 419. The zero-order chi connectivity index (χ0) is 13.2. The van der Waals surface area contributed by atoms with Crippen LogP contribution in [0.4, 0.5) is 10.5 Å². The van der Waals surface area contributed by atoms with E-state index in [9.17, 15) is 9.90 Å². The van der Waals surface area contributed by atoms with Gasteiger partial charge in [0.1, 0.15) is 5.75 Å². The van der Waals surface area contributed by atoms with Crippen molar-refractivity contribution in [3.8, 4) is 5.75 Å². The minimum atomic E-state index is -0.296. The van der Waals surface area contributed by atoms with Gasteiger partial charge in [-0.15, -0.1) is 0 Å². The maximum atomic E-state index is 11.6. The lowest BCUT2D eigenvalue weighted by Gasteiger charge is -2.21. The molecule has 0 aliphatic heterocycles. The summed E-state index contributed by atoms with van der Waals surface area (Å²) in [5.74, 6) is 0.103. The summed E-state index contributed by atoms with van der Waals surface area (Å²) >= 11 is 6.39. The first-order valence-corrected chi connectivity index (χ1v) is 6.55. The fourth-order valence-electron chi connectivity index (χ4n) is 1.14. The van der Waals surface area contributed by atoms with E-state index in [4.69, 9.17) is 0 Å². The van der Waals surface area contributed by atoms with Gasteiger partial charge < -0.3 is 15.7 Å². The van der Waals surface area contributed by atoms with Gasteiger partial charge in [-0.25, -0.2) is 4.79 Å². The standard InChI is InChI=1S/C11H14Br2N2O2/c1-11(2,3)15-10(17)14-6-4-7(12)9(16)8(13)5-6/h4-5,16H,1-3H3,(H2,14,15,17). The van der Waals surface area contributed by atoms with E-state index < -0.39 is 0 Å². The lowest BCUT2D eigenvalue weighted by molar-refractivity contribution is 0.244. The highest BCUT2D eigenvalue weighted by Crippen LogP contribution is 2.35. The fraction of sp³-hybridized carbons (Fsp3) is 0.364. The van der Waals surface area contributed by atoms with Crippen LogP contribution in [0.5, 0.6) is 5.75 Å². The van der Waals surface area contributed by atoms with Crippen molar-refractivity contribution in [1.82, 2.24) is 5.32 Å². The molecule has 1 aromatic carbocycles. The first-order chi connectivity index (χ1) is 7.69. The van der Waals surface area contributed by atoms with E-state index in [1.807, 2.05) is 20.8 Å². The molecule has 94 valence electrons. The van der Waals surface area contributed by atoms with Crippen LogP contribution >= 0.6 is 31.9 Å². The van der Waals surface area contributed by atoms with E-state index in [1.165, 1.54) is 0 Å². The Morgan fingerprint density at radius 2 is 1.71 bits per heavy atom. The molecule has 0 saturated heterocycles. The molecule has 6 heteroatoms. The molecule has 0 fully saturated rings. The molecule has 0 aliphatic carbocycles. The molecule has 3 N–H and O–H groups in total. The molecular formula is C11H14Br2N2O2. The minimum absolute atomic E-state index is 0.103. The predicted octanol–water partition coefficient (Wildman–Crippen LogP) is 3.84. The van der Waals surface area contributed by atoms with Crippen LogP contribution in [0.3, 0.4) is 0 Å². The second-order valence-corrected chi connectivity index (χ2v) is 6.33. The molecule has 0 heterocycles. The van der Waals surface area contributed by atoms with Crippen LogP contribution in [0, 0.1) is 0 Å². The quantitative estimate of drug-likeness (QED) is 0.662. The van der Waals surface area contributed by atoms with E-state index in [1.54, 1.807) is 12.1 Å². The molecule has 1 aromatic rings. The Balaban J connectivity index is 2.79. The maximum absolute atomic E-state index is 11.6. The first kappa shape index (κ1) is 14.3. The highest BCUT2D eigenvalue weighted by molar-refractivity contribution is 9.11. The summed E-state index contributed by atoms with van der Waals surface area (Å²) in [6.07, 6.45) is 0. The van der Waals surface area contributed by atoms with Crippen molar-refractivity contribution in [1.29, 1.82) is 0 Å². The van der Waals surface area contributed by atoms with Crippen LogP contribution in [0.2, 0.25) is 0 Å². The van der Waals surface area contributed by atoms with Crippen LogP contribution in [0.25, 0.3) is 0 Å². The first-order valence-electron chi connectivity index (χ1n) is 4.96. The maximum Gasteiger partial charge on any atom is 0.319 e. The van der Waals surface area contributed by atoms with Gasteiger partial charge in [-0.1, -0.05) is 0 Å². The molecule has 2 amide bonds. The average Bonchev–Trinajstić information content (AvgIpc) is 2.10. The second kappa shape index (κ2) is 5.27. The summed E-state index contributed by atoms with van der Waals surface area (Å²) in [6.45, 7) is 5.69. The van der Waals surface area contributed by atoms with Gasteiger partial charge in [-0.2, -0.15) is 0 Å². The third kappa shape index (κ3) is 4.55. The summed E-state index contributed by atoms with van der Waals surface area (Å²) in [7, 11) is 0. The fourth-order valence-corrected chi connectivity index (χ4v) is 2.33. The van der Waals surface area contributed by atoms with Gasteiger partial charge in [-0.05, 0) is 64.8 Å². The van der Waals surface area contributed by atoms with Crippen LogP contribution in [0.15, 0.2) is 21.1 Å². The summed E-state index contributed by atoms with van der Waals surface area (Å²) < 4.78 is 1.02. The Kier molecular flexibility index (Phi) is 4.43. The molecule has 0 unspecified atom stereocenters. The number of hydrogen-bond acceptors (Lipinski definition) is 2. The van der Waals surface area contributed by atoms with Gasteiger partial charge in [0, 0.05) is 11.2 Å². The Morgan fingerprint density at radius 3 is 2.12 bits per heavy atom. The lowest BCUT2D eigenvalue weighted by Crippen LogP contribution is -2.43. The number of aromatic hydroxyl groups is 1. The zero-order valence-electron chi connectivity index (χ0n) is 9.77. The third-order valence-electron chi connectivity index (χ3n) is 1.76. The number of hydrogen-bond donors (Lipinski definition) is 3. The topological polar surface area (TPSA) is 61.4 Å². The SMILES string of the molecule is CC(C)(C)NC(=O)Nc1cc(Br)c(O)c(Br)c1. The number of phenols is 1. The zero-order valence-corrected chi connectivity index (χ0v) is 12.9. The van der Waals surface area contributed by atoms with E-state index >= 15 is 0 Å². The molecule has 0 spiro atoms. The molecular weight excluding hydrogens is 352 g/mol. The van der Waals surface area contributed by atoms with Gasteiger partial charge in [-0.3, -0.25) is 0 Å². The monoisotopic (exact) mass is 364 g/mol. The molecule has 1 rings (SSSR count).